The summed E-state index contributed by atoms with van der Waals surface area (Å²) in [4.78, 5) is 17.6. The maximum Gasteiger partial charge on any atom is 0.261 e. The van der Waals surface area contributed by atoms with Crippen molar-refractivity contribution in [1.29, 1.82) is 0 Å². The minimum atomic E-state index is -3.66. The van der Waals surface area contributed by atoms with Crippen LogP contribution in [0.3, 0.4) is 0 Å². The van der Waals surface area contributed by atoms with Crippen molar-refractivity contribution in [3.8, 4) is 0 Å². The normalized spacial score (nSPS) is 11.8. The molecule has 3 heterocycles. The molecule has 3 aromatic heterocycles. The number of thiophene rings is 1. The monoisotopic (exact) mass is 462 g/mol. The zero-order valence-corrected chi connectivity index (χ0v) is 18.7. The molecule has 160 valence electrons. The highest BCUT2D eigenvalue weighted by Gasteiger charge is 2.18. The Morgan fingerprint density at radius 2 is 1.81 bits per heavy atom. The number of hydrogen-bond acceptors (Lipinski definition) is 6. The van der Waals surface area contributed by atoms with E-state index in [0.29, 0.717) is 11.4 Å². The van der Waals surface area contributed by atoms with Gasteiger partial charge < -0.3 is 5.32 Å². The summed E-state index contributed by atoms with van der Waals surface area (Å²) in [6.07, 6.45) is 5.22. The molecule has 7 nitrogen and oxygen atoms in total. The fraction of sp³-hybridized carbons (Fsp3) is 0.0870. The van der Waals surface area contributed by atoms with Crippen molar-refractivity contribution in [2.45, 2.75) is 16.3 Å². The van der Waals surface area contributed by atoms with Crippen LogP contribution < -0.4 is 5.32 Å². The average molecular weight is 463 g/mol. The van der Waals surface area contributed by atoms with Crippen LogP contribution in [-0.4, -0.2) is 29.1 Å². The number of benzene rings is 2. The molecule has 0 aliphatic rings. The van der Waals surface area contributed by atoms with Gasteiger partial charge in [-0.25, -0.2) is 8.42 Å². The molecule has 32 heavy (non-hydrogen) atoms. The van der Waals surface area contributed by atoms with E-state index in [1.807, 2.05) is 12.1 Å². The van der Waals surface area contributed by atoms with Crippen LogP contribution in [0.25, 0.3) is 21.0 Å². The van der Waals surface area contributed by atoms with Gasteiger partial charge in [-0.05, 0) is 53.4 Å². The Kier molecular flexibility index (Phi) is 4.99. The molecule has 0 bridgehead atoms. The molecule has 5 rings (SSSR count). The second kappa shape index (κ2) is 7.85. The second-order valence-corrected chi connectivity index (χ2v) is 10.4. The zero-order valence-electron chi connectivity index (χ0n) is 17.0. The van der Waals surface area contributed by atoms with Crippen LogP contribution in [-0.2, 0) is 23.4 Å². The molecule has 0 aliphatic heterocycles. The molecule has 2 aromatic carbocycles. The number of nitrogens with zero attached hydrogens (tertiary/aromatic N) is 3. The number of nitrogens with one attached hydrogen (secondary N) is 1. The molecule has 0 saturated carbocycles. The third-order valence-electron chi connectivity index (χ3n) is 5.13. The number of aryl methyl sites for hydroxylation is 1. The molecule has 5 aromatic rings. The highest BCUT2D eigenvalue weighted by molar-refractivity contribution is 7.91. The zero-order chi connectivity index (χ0) is 22.3. The Morgan fingerprint density at radius 3 is 2.59 bits per heavy atom. The molecule has 0 radical (unpaired) electrons. The van der Waals surface area contributed by atoms with Crippen molar-refractivity contribution in [3.63, 3.8) is 0 Å². The SMILES string of the molecule is Cn1cc2cc(S(=O)(=O)c3ccc(CNC(=O)c4cc5ccncc5s4)cc3)ccc2n1. The number of pyridine rings is 1. The van der Waals surface area contributed by atoms with Gasteiger partial charge in [0.1, 0.15) is 0 Å². The van der Waals surface area contributed by atoms with Crippen LogP contribution in [0.5, 0.6) is 0 Å². The Morgan fingerprint density at radius 1 is 1.03 bits per heavy atom. The van der Waals surface area contributed by atoms with E-state index in [2.05, 4.69) is 15.4 Å². The molecule has 0 atom stereocenters. The maximum absolute atomic E-state index is 13.0. The van der Waals surface area contributed by atoms with Gasteiger partial charge in [-0.1, -0.05) is 12.1 Å². The molecule has 0 saturated heterocycles. The molecule has 0 unspecified atom stereocenters. The Labute approximate surface area is 188 Å². The highest BCUT2D eigenvalue weighted by atomic mass is 32.2. The summed E-state index contributed by atoms with van der Waals surface area (Å²) in [6, 6.07) is 15.2. The lowest BCUT2D eigenvalue weighted by Crippen LogP contribution is -2.21. The van der Waals surface area contributed by atoms with Gasteiger partial charge in [-0.15, -0.1) is 11.3 Å². The summed E-state index contributed by atoms with van der Waals surface area (Å²) < 4.78 is 28.7. The summed E-state index contributed by atoms with van der Waals surface area (Å²) in [6.45, 7) is 0.299. The second-order valence-electron chi connectivity index (χ2n) is 7.38. The Bertz CT molecular complexity index is 1540. The summed E-state index contributed by atoms with van der Waals surface area (Å²) in [5.41, 5.74) is 1.55. The predicted octanol–water partition coefficient (Wildman–Crippen LogP) is 3.95. The molecule has 1 amide bonds. The van der Waals surface area contributed by atoms with Gasteiger partial charge in [0.05, 0.1) is 24.9 Å². The van der Waals surface area contributed by atoms with Gasteiger partial charge in [0.2, 0.25) is 9.84 Å². The van der Waals surface area contributed by atoms with Gasteiger partial charge in [0, 0.05) is 37.6 Å². The van der Waals surface area contributed by atoms with E-state index >= 15 is 0 Å². The van der Waals surface area contributed by atoms with Gasteiger partial charge in [-0.2, -0.15) is 5.10 Å². The summed E-state index contributed by atoms with van der Waals surface area (Å²) in [5, 5.41) is 8.90. The molecule has 0 spiro atoms. The molecule has 1 N–H and O–H groups in total. The first-order chi connectivity index (χ1) is 15.4. The third kappa shape index (κ3) is 3.76. The molecule has 0 aliphatic carbocycles. The van der Waals surface area contributed by atoms with Crippen molar-refractivity contribution >= 4 is 48.1 Å². The minimum absolute atomic E-state index is 0.173. The van der Waals surface area contributed by atoms with Crippen LogP contribution in [0.15, 0.2) is 83.0 Å². The number of amides is 1. The van der Waals surface area contributed by atoms with Gasteiger partial charge in [-0.3, -0.25) is 14.5 Å². The van der Waals surface area contributed by atoms with Crippen LogP contribution in [0.4, 0.5) is 0 Å². The largest absolute Gasteiger partial charge is 0.347 e. The smallest absolute Gasteiger partial charge is 0.261 e. The number of hydrogen-bond donors (Lipinski definition) is 1. The number of rotatable bonds is 5. The lowest BCUT2D eigenvalue weighted by molar-refractivity contribution is 0.0955. The summed E-state index contributed by atoms with van der Waals surface area (Å²) in [7, 11) is -1.86. The molecule has 9 heteroatoms. The van der Waals surface area contributed by atoms with Gasteiger partial charge >= 0.3 is 0 Å². The van der Waals surface area contributed by atoms with E-state index in [0.717, 1.165) is 26.6 Å². The van der Waals surface area contributed by atoms with Gasteiger partial charge in [0.15, 0.2) is 0 Å². The standard InChI is InChI=1S/C23H18N4O3S2/c1-27-14-17-10-19(6-7-20(17)26-27)32(29,30)18-4-2-15(3-5-18)12-25-23(28)21-11-16-8-9-24-13-22(16)31-21/h2-11,13-14H,12H2,1H3,(H,25,28). The lowest BCUT2D eigenvalue weighted by atomic mass is 10.2. The fourth-order valence-electron chi connectivity index (χ4n) is 3.48. The number of carbonyl (C=O) groups is 1. The maximum atomic E-state index is 13.0. The van der Waals surface area contributed by atoms with Crippen LogP contribution >= 0.6 is 11.3 Å². The predicted molar refractivity (Wildman–Crippen MR) is 123 cm³/mol. The molecule has 0 fully saturated rings. The summed E-state index contributed by atoms with van der Waals surface area (Å²) in [5.74, 6) is -0.173. The number of aromatic nitrogens is 3. The molecular formula is C23H18N4O3S2. The highest BCUT2D eigenvalue weighted by Crippen LogP contribution is 2.26. The van der Waals surface area contributed by atoms with Crippen LogP contribution in [0.1, 0.15) is 15.2 Å². The van der Waals surface area contributed by atoms with Crippen molar-refractivity contribution in [2.24, 2.45) is 7.05 Å². The quantitative estimate of drug-likeness (QED) is 0.427. The summed E-state index contributed by atoms with van der Waals surface area (Å²) >= 11 is 1.39. The van der Waals surface area contributed by atoms with Crippen LogP contribution in [0, 0.1) is 0 Å². The van der Waals surface area contributed by atoms with E-state index in [-0.39, 0.29) is 15.7 Å². The van der Waals surface area contributed by atoms with Gasteiger partial charge in [0.25, 0.3) is 5.91 Å². The minimum Gasteiger partial charge on any atom is -0.347 e. The number of carbonyl (C=O) groups excluding carboxylic acids is 1. The van der Waals surface area contributed by atoms with E-state index in [4.69, 9.17) is 0 Å². The fourth-order valence-corrected chi connectivity index (χ4v) is 5.72. The Balaban J connectivity index is 1.31. The van der Waals surface area contributed by atoms with E-state index in [1.165, 1.54) is 11.3 Å². The van der Waals surface area contributed by atoms with E-state index in [9.17, 15) is 13.2 Å². The topological polar surface area (TPSA) is 94.0 Å². The average Bonchev–Trinajstić information content (AvgIpc) is 3.39. The van der Waals surface area contributed by atoms with E-state index in [1.54, 1.807) is 72.8 Å². The number of fused-ring (bicyclic) bond motifs is 2. The first kappa shape index (κ1) is 20.3. The van der Waals surface area contributed by atoms with Crippen molar-refractivity contribution < 1.29 is 13.2 Å². The van der Waals surface area contributed by atoms with Crippen molar-refractivity contribution in [2.75, 3.05) is 0 Å². The third-order valence-corrected chi connectivity index (χ3v) is 7.99. The lowest BCUT2D eigenvalue weighted by Gasteiger charge is -2.07. The first-order valence-corrected chi connectivity index (χ1v) is 12.1. The van der Waals surface area contributed by atoms with Crippen molar-refractivity contribution in [1.82, 2.24) is 20.1 Å². The number of sulfone groups is 1. The first-order valence-electron chi connectivity index (χ1n) is 9.79. The Hall–Kier alpha value is -3.56. The van der Waals surface area contributed by atoms with E-state index < -0.39 is 9.84 Å². The molecular weight excluding hydrogens is 444 g/mol. The van der Waals surface area contributed by atoms with Crippen LogP contribution in [0.2, 0.25) is 0 Å². The van der Waals surface area contributed by atoms with Crippen molar-refractivity contribution in [3.05, 3.63) is 83.6 Å².